The summed E-state index contributed by atoms with van der Waals surface area (Å²) in [5.41, 5.74) is -14.5. The number of aromatic nitrogens is 6. The molecule has 74 heavy (non-hydrogen) atoms. The van der Waals surface area contributed by atoms with Crippen LogP contribution in [0.2, 0.25) is 10.0 Å². The molecule has 2 aromatic carbocycles. The van der Waals surface area contributed by atoms with Gasteiger partial charge in [-0.05, 0) is 92.2 Å². The van der Waals surface area contributed by atoms with E-state index in [0.29, 0.717) is 56.4 Å². The van der Waals surface area contributed by atoms with E-state index in [4.69, 9.17) is 32.7 Å². The molecule has 0 unspecified atom stereocenters. The predicted octanol–water partition coefficient (Wildman–Crippen LogP) is 12.9. The number of hydrogen-bond acceptors (Lipinski definition) is 8. The molecule has 1 N–H and O–H groups in total. The first-order valence-electron chi connectivity index (χ1n) is 20.2. The minimum Gasteiger partial charge on any atom is -0.465 e. The number of esters is 1. The molecule has 1 fully saturated rings. The van der Waals surface area contributed by atoms with Crippen LogP contribution in [0.4, 0.5) is 61.5 Å². The van der Waals surface area contributed by atoms with Crippen LogP contribution in [0, 0.1) is 11.3 Å². The fourth-order valence-corrected chi connectivity index (χ4v) is 8.79. The van der Waals surface area contributed by atoms with Crippen LogP contribution in [-0.2, 0) is 39.0 Å². The van der Waals surface area contributed by atoms with Crippen LogP contribution in [0.25, 0.3) is 33.9 Å². The number of ether oxygens (including phenoxy) is 3. The molecule has 0 bridgehead atoms. The third kappa shape index (κ3) is 10.6. The summed E-state index contributed by atoms with van der Waals surface area (Å²) in [5, 5.41) is 20.0. The zero-order valence-electron chi connectivity index (χ0n) is 37.2. The number of carbonyl (C=O) groups excluding carboxylic acids is 2. The van der Waals surface area contributed by atoms with E-state index in [0.717, 1.165) is 30.7 Å². The van der Waals surface area contributed by atoms with Crippen molar-refractivity contribution in [1.29, 1.82) is 5.26 Å². The van der Waals surface area contributed by atoms with Gasteiger partial charge in [0.05, 0.1) is 67.1 Å². The quantitative estimate of drug-likeness (QED) is 0.0889. The maximum absolute atomic E-state index is 15.0. The summed E-state index contributed by atoms with van der Waals surface area (Å²) < 4.78 is 207. The second kappa shape index (κ2) is 20.8. The van der Waals surface area contributed by atoms with E-state index < -0.39 is 78.3 Å². The Morgan fingerprint density at radius 3 is 1.36 bits per heavy atom. The van der Waals surface area contributed by atoms with Crippen LogP contribution in [-0.4, -0.2) is 92.1 Å². The predicted molar refractivity (Wildman–Crippen MR) is 240 cm³/mol. The fraction of sp³-hybridized carbons (Fsp3) is 0.326. The standard InChI is InChI=1S/C23H16BrClF7N5O2.C20H14BrClF7N3O3/c1-39-11-36-17(21(26,22(27,28)29)23(30,31)32)7-15(24)19(36)37-9-13(8-34-37)12-2-3-16(25)14(6-12)18(38)35-20(10-33)4-5-20;1-34-9-31-15(18(23,19(24,25)26)20(27,28)29)6-13(21)16(31)32-8-11(7-30-32)10-3-4-14(22)12(5-10)17(33)35-2/h2-3,6-9H,4-5,11H2,1H3,(H,35,38);3-8H,9H2,1-2H3. The van der Waals surface area contributed by atoms with Gasteiger partial charge in [0.2, 0.25) is 0 Å². The number of benzene rings is 2. The van der Waals surface area contributed by atoms with Gasteiger partial charge in [0.1, 0.15) is 19.0 Å². The van der Waals surface area contributed by atoms with E-state index in [9.17, 15) is 76.3 Å². The minimum atomic E-state index is -6.34. The molecule has 0 aliphatic heterocycles. The molecular formula is C43H30Br2Cl2F14N8O5. The van der Waals surface area contributed by atoms with E-state index in [1.165, 1.54) is 61.2 Å². The van der Waals surface area contributed by atoms with Gasteiger partial charge in [0.25, 0.3) is 5.91 Å². The van der Waals surface area contributed by atoms with Crippen LogP contribution in [0.3, 0.4) is 0 Å². The number of carbonyl (C=O) groups is 2. The first-order valence-corrected chi connectivity index (χ1v) is 22.5. The average Bonchev–Trinajstić information content (AvgIpc) is 3.67. The molecular weight excluding hydrogens is 1210 g/mol. The average molecular weight is 1240 g/mol. The highest BCUT2D eigenvalue weighted by atomic mass is 79.9. The van der Waals surface area contributed by atoms with Gasteiger partial charge < -0.3 is 28.7 Å². The Kier molecular flexibility index (Phi) is 16.2. The topological polar surface area (TPSA) is 143 Å². The Hall–Kier alpha value is -5.67. The number of halogens is 18. The van der Waals surface area contributed by atoms with Crippen LogP contribution in [0.15, 0.2) is 82.3 Å². The highest BCUT2D eigenvalue weighted by Gasteiger charge is 2.76. The summed E-state index contributed by atoms with van der Waals surface area (Å²) in [5.74, 6) is -2.09. The lowest BCUT2D eigenvalue weighted by Crippen LogP contribution is -2.51. The third-order valence-electron chi connectivity index (χ3n) is 11.0. The number of nitrogens with zero attached hydrogens (tertiary/aromatic N) is 7. The lowest BCUT2D eigenvalue weighted by molar-refractivity contribution is -0.351. The van der Waals surface area contributed by atoms with Gasteiger partial charge in [0, 0.05) is 37.7 Å². The third-order valence-corrected chi connectivity index (χ3v) is 12.8. The SMILES string of the molecule is COCn1c(C(F)(C(F)(F)F)C(F)(F)F)cc(Br)c1-n1cc(-c2ccc(Cl)c(C(=O)NC3(C#N)CC3)c2)cn1.COCn1c(C(F)(C(F)(F)F)C(F)(F)F)cc(Br)c1-n1cc(-c2ccc(Cl)c(C(=O)OC)c2)cn1. The van der Waals surface area contributed by atoms with Crippen molar-refractivity contribution in [2.45, 2.75) is 67.9 Å². The van der Waals surface area contributed by atoms with Crippen LogP contribution in [0.5, 0.6) is 0 Å². The van der Waals surface area contributed by atoms with Gasteiger partial charge in [-0.2, -0.15) is 68.1 Å². The van der Waals surface area contributed by atoms with Gasteiger partial charge in [-0.15, -0.1) is 0 Å². The Morgan fingerprint density at radius 2 is 1.03 bits per heavy atom. The van der Waals surface area contributed by atoms with Crippen molar-refractivity contribution in [3.05, 3.63) is 115 Å². The Balaban J connectivity index is 0.000000242. The van der Waals surface area contributed by atoms with E-state index in [2.05, 4.69) is 52.1 Å². The molecule has 0 saturated heterocycles. The lowest BCUT2D eigenvalue weighted by atomic mass is 10.0. The second-order valence-electron chi connectivity index (χ2n) is 15.8. The molecule has 13 nitrogen and oxygen atoms in total. The van der Waals surface area contributed by atoms with Crippen LogP contribution in [0.1, 0.15) is 44.9 Å². The maximum atomic E-state index is 15.0. The number of amides is 1. The van der Waals surface area contributed by atoms with Gasteiger partial charge in [-0.25, -0.2) is 22.9 Å². The summed E-state index contributed by atoms with van der Waals surface area (Å²) >= 11 is 18.0. The first kappa shape index (κ1) is 57.6. The maximum Gasteiger partial charge on any atom is 0.437 e. The second-order valence-corrected chi connectivity index (χ2v) is 18.3. The molecule has 1 saturated carbocycles. The molecule has 6 aromatic rings. The van der Waals surface area contributed by atoms with E-state index in [1.54, 1.807) is 0 Å². The molecule has 398 valence electrons. The Bertz CT molecular complexity index is 3110. The Morgan fingerprint density at radius 1 is 0.649 bits per heavy atom. The van der Waals surface area contributed by atoms with Crippen molar-refractivity contribution in [1.82, 2.24) is 34.0 Å². The van der Waals surface area contributed by atoms with Crippen molar-refractivity contribution in [3.8, 4) is 40.0 Å². The molecule has 0 radical (unpaired) electrons. The number of nitrogens with one attached hydrogen (secondary N) is 1. The molecule has 4 heterocycles. The number of methoxy groups -OCH3 is 3. The van der Waals surface area contributed by atoms with Crippen molar-refractivity contribution in [2.75, 3.05) is 21.3 Å². The van der Waals surface area contributed by atoms with Crippen LogP contribution >= 0.6 is 55.1 Å². The molecule has 0 atom stereocenters. The molecule has 0 spiro atoms. The highest BCUT2D eigenvalue weighted by molar-refractivity contribution is 9.11. The van der Waals surface area contributed by atoms with Crippen LogP contribution < -0.4 is 5.32 Å². The van der Waals surface area contributed by atoms with E-state index in [-0.39, 0.29) is 41.8 Å². The molecule has 4 aromatic heterocycles. The zero-order valence-corrected chi connectivity index (χ0v) is 41.9. The summed E-state index contributed by atoms with van der Waals surface area (Å²) in [6.07, 6.45) is -19.4. The largest absolute Gasteiger partial charge is 0.465 e. The van der Waals surface area contributed by atoms with Gasteiger partial charge in [-0.3, -0.25) is 4.79 Å². The monoisotopic (exact) mass is 1230 g/mol. The van der Waals surface area contributed by atoms with Gasteiger partial charge in [-0.1, -0.05) is 35.3 Å². The summed E-state index contributed by atoms with van der Waals surface area (Å²) in [4.78, 5) is 24.6. The van der Waals surface area contributed by atoms with E-state index in [1.807, 2.05) is 6.07 Å². The van der Waals surface area contributed by atoms with Crippen molar-refractivity contribution in [2.24, 2.45) is 0 Å². The molecule has 1 amide bonds. The molecule has 7 rings (SSSR count). The molecule has 1 aliphatic rings. The molecule has 31 heteroatoms. The summed E-state index contributed by atoms with van der Waals surface area (Å²) in [7, 11) is 3.17. The van der Waals surface area contributed by atoms with Crippen molar-refractivity contribution >= 4 is 66.9 Å². The molecule has 1 aliphatic carbocycles. The number of nitriles is 1. The normalized spacial score (nSPS) is 14.1. The lowest BCUT2D eigenvalue weighted by Gasteiger charge is -2.31. The van der Waals surface area contributed by atoms with E-state index >= 15 is 0 Å². The van der Waals surface area contributed by atoms with Crippen molar-refractivity contribution in [3.63, 3.8) is 0 Å². The zero-order chi connectivity index (χ0) is 55.3. The highest BCUT2D eigenvalue weighted by Crippen LogP contribution is 2.56. The Labute approximate surface area is 433 Å². The first-order chi connectivity index (χ1) is 34.2. The fourth-order valence-electron chi connectivity index (χ4n) is 7.17. The van der Waals surface area contributed by atoms with Gasteiger partial charge >= 0.3 is 42.0 Å². The summed E-state index contributed by atoms with van der Waals surface area (Å²) in [6, 6.07) is 11.3. The smallest absolute Gasteiger partial charge is 0.437 e. The van der Waals surface area contributed by atoms with Gasteiger partial charge in [0.15, 0.2) is 11.6 Å². The number of hydrogen-bond donors (Lipinski definition) is 1. The minimum absolute atomic E-state index is 0.0169. The summed E-state index contributed by atoms with van der Waals surface area (Å²) in [6.45, 7) is -1.74. The number of rotatable bonds is 13. The number of alkyl halides is 14. The van der Waals surface area contributed by atoms with Crippen molar-refractivity contribution < 1.29 is 85.3 Å².